The van der Waals surface area contributed by atoms with Gasteiger partial charge in [0.25, 0.3) is 5.91 Å². The molecule has 1 N–H and O–H groups in total. The van der Waals surface area contributed by atoms with E-state index in [1.54, 1.807) is 13.0 Å². The molecule has 1 atom stereocenters. The van der Waals surface area contributed by atoms with E-state index < -0.39 is 24.0 Å². The summed E-state index contributed by atoms with van der Waals surface area (Å²) in [6.45, 7) is 4.94. The van der Waals surface area contributed by atoms with Crippen LogP contribution in [0.5, 0.6) is 5.75 Å². The number of amides is 1. The number of benzene rings is 1. The van der Waals surface area contributed by atoms with E-state index in [-0.39, 0.29) is 12.5 Å². The monoisotopic (exact) mass is 330 g/mol. The number of rotatable bonds is 7. The smallest absolute Gasteiger partial charge is 0.344 e. The number of nitrogens with zero attached hydrogens (tertiary/aromatic N) is 1. The summed E-state index contributed by atoms with van der Waals surface area (Å²) in [7, 11) is 0. The molecule has 1 amide bonds. The van der Waals surface area contributed by atoms with Gasteiger partial charge in [0, 0.05) is 0 Å². The fourth-order valence-electron chi connectivity index (χ4n) is 2.34. The Balaban J connectivity index is 1.73. The highest BCUT2D eigenvalue weighted by Gasteiger charge is 2.43. The molecule has 0 radical (unpaired) electrons. The molecule has 1 aliphatic carbocycles. The van der Waals surface area contributed by atoms with Crippen molar-refractivity contribution in [3.05, 3.63) is 29.3 Å². The molecule has 6 nitrogen and oxygen atoms in total. The quantitative estimate of drug-likeness (QED) is 0.773. The third kappa shape index (κ3) is 4.72. The standard InChI is InChI=1S/C18H22N2O4/c1-12-4-7-15(8-13(12)2)23-10-17(22)24-9-16(21)20-18(3,11-19)14-5-6-14/h4,7-8,14H,5-6,9-10H2,1-3H3,(H,20,21)/t18-/m0/s1. The van der Waals surface area contributed by atoms with Gasteiger partial charge >= 0.3 is 5.97 Å². The lowest BCUT2D eigenvalue weighted by Crippen LogP contribution is -2.48. The fourth-order valence-corrected chi connectivity index (χ4v) is 2.34. The lowest BCUT2D eigenvalue weighted by molar-refractivity contribution is -0.150. The van der Waals surface area contributed by atoms with Gasteiger partial charge in [0.05, 0.1) is 6.07 Å². The molecule has 2 rings (SSSR count). The normalized spacial score (nSPS) is 15.8. The third-order valence-electron chi connectivity index (χ3n) is 4.22. The molecule has 6 heteroatoms. The van der Waals surface area contributed by atoms with Crippen molar-refractivity contribution < 1.29 is 19.1 Å². The van der Waals surface area contributed by atoms with E-state index in [1.807, 2.05) is 26.0 Å². The Bertz CT molecular complexity index is 676. The Labute approximate surface area is 141 Å². The van der Waals surface area contributed by atoms with E-state index in [4.69, 9.17) is 9.47 Å². The van der Waals surface area contributed by atoms with Gasteiger partial charge in [-0.2, -0.15) is 5.26 Å². The molecule has 128 valence electrons. The minimum atomic E-state index is -0.889. The van der Waals surface area contributed by atoms with Gasteiger partial charge in [-0.1, -0.05) is 6.07 Å². The molecule has 1 aromatic carbocycles. The van der Waals surface area contributed by atoms with Crippen LogP contribution in [0.25, 0.3) is 0 Å². The molecule has 1 aliphatic rings. The predicted molar refractivity (Wildman–Crippen MR) is 87.3 cm³/mol. The van der Waals surface area contributed by atoms with Crippen molar-refractivity contribution in [1.82, 2.24) is 5.32 Å². The second kappa shape index (κ2) is 7.35. The van der Waals surface area contributed by atoms with Crippen molar-refractivity contribution in [3.8, 4) is 11.8 Å². The highest BCUT2D eigenvalue weighted by atomic mass is 16.6. The maximum absolute atomic E-state index is 11.8. The molecule has 0 aromatic heterocycles. The van der Waals surface area contributed by atoms with Crippen LogP contribution in [-0.2, 0) is 14.3 Å². The van der Waals surface area contributed by atoms with E-state index in [9.17, 15) is 14.9 Å². The highest BCUT2D eigenvalue weighted by Crippen LogP contribution is 2.39. The van der Waals surface area contributed by atoms with E-state index in [2.05, 4.69) is 11.4 Å². The average molecular weight is 330 g/mol. The van der Waals surface area contributed by atoms with Crippen LogP contribution in [0.3, 0.4) is 0 Å². The molecule has 0 aliphatic heterocycles. The Hall–Kier alpha value is -2.55. The minimum Gasteiger partial charge on any atom is -0.482 e. The Kier molecular flexibility index (Phi) is 5.45. The maximum Gasteiger partial charge on any atom is 0.344 e. The average Bonchev–Trinajstić information content (AvgIpc) is 3.39. The summed E-state index contributed by atoms with van der Waals surface area (Å²) in [5.74, 6) is -0.362. The first kappa shape index (κ1) is 17.8. The first-order valence-corrected chi connectivity index (χ1v) is 7.92. The van der Waals surface area contributed by atoms with E-state index in [0.717, 1.165) is 24.0 Å². The lowest BCUT2D eigenvalue weighted by atomic mass is 9.98. The molecule has 1 aromatic rings. The number of ether oxygens (including phenoxy) is 2. The number of esters is 1. The molecule has 0 spiro atoms. The summed E-state index contributed by atoms with van der Waals surface area (Å²) in [5, 5.41) is 11.8. The number of hydrogen-bond donors (Lipinski definition) is 1. The Morgan fingerprint density at radius 2 is 2.00 bits per heavy atom. The van der Waals surface area contributed by atoms with Gasteiger partial charge in [0.15, 0.2) is 13.2 Å². The summed E-state index contributed by atoms with van der Waals surface area (Å²) >= 11 is 0. The van der Waals surface area contributed by atoms with Gasteiger partial charge in [0.1, 0.15) is 11.3 Å². The van der Waals surface area contributed by atoms with E-state index in [0.29, 0.717) is 5.75 Å². The topological polar surface area (TPSA) is 88.4 Å². The zero-order valence-electron chi connectivity index (χ0n) is 14.2. The van der Waals surface area contributed by atoms with Crippen LogP contribution in [0.15, 0.2) is 18.2 Å². The van der Waals surface area contributed by atoms with E-state index >= 15 is 0 Å². The summed E-state index contributed by atoms with van der Waals surface area (Å²) in [6.07, 6.45) is 1.85. The first-order chi connectivity index (χ1) is 11.3. The molecular formula is C18H22N2O4. The van der Waals surface area contributed by atoms with Crippen LogP contribution in [0.2, 0.25) is 0 Å². The number of carbonyl (C=O) groups excluding carboxylic acids is 2. The van der Waals surface area contributed by atoms with Gasteiger partial charge in [-0.3, -0.25) is 4.79 Å². The van der Waals surface area contributed by atoms with Crippen molar-refractivity contribution in [2.45, 2.75) is 39.2 Å². The summed E-state index contributed by atoms with van der Waals surface area (Å²) in [6, 6.07) is 7.64. The van der Waals surface area contributed by atoms with Crippen LogP contribution >= 0.6 is 0 Å². The van der Waals surface area contributed by atoms with Crippen LogP contribution in [-0.4, -0.2) is 30.6 Å². The van der Waals surface area contributed by atoms with Crippen LogP contribution in [0.1, 0.15) is 30.9 Å². The first-order valence-electron chi connectivity index (χ1n) is 7.92. The van der Waals surface area contributed by atoms with Gasteiger partial charge in [-0.05, 0) is 62.8 Å². The molecule has 0 bridgehead atoms. The molecular weight excluding hydrogens is 308 g/mol. The third-order valence-corrected chi connectivity index (χ3v) is 4.22. The summed E-state index contributed by atoms with van der Waals surface area (Å²) in [4.78, 5) is 23.5. The van der Waals surface area contributed by atoms with Crippen molar-refractivity contribution >= 4 is 11.9 Å². The van der Waals surface area contributed by atoms with Crippen molar-refractivity contribution in [3.63, 3.8) is 0 Å². The second-order valence-electron chi connectivity index (χ2n) is 6.33. The van der Waals surface area contributed by atoms with Crippen molar-refractivity contribution in [2.24, 2.45) is 5.92 Å². The number of carbonyl (C=O) groups is 2. The van der Waals surface area contributed by atoms with Crippen LogP contribution < -0.4 is 10.1 Å². The predicted octanol–water partition coefficient (Wildman–Crippen LogP) is 2.03. The van der Waals surface area contributed by atoms with E-state index in [1.165, 1.54) is 0 Å². The molecule has 0 heterocycles. The molecule has 1 saturated carbocycles. The van der Waals surface area contributed by atoms with Gasteiger partial charge in [-0.15, -0.1) is 0 Å². The van der Waals surface area contributed by atoms with Crippen LogP contribution in [0.4, 0.5) is 0 Å². The fraction of sp³-hybridized carbons (Fsp3) is 0.500. The lowest BCUT2D eigenvalue weighted by Gasteiger charge is -2.22. The zero-order valence-corrected chi connectivity index (χ0v) is 14.2. The molecule has 1 fully saturated rings. The van der Waals surface area contributed by atoms with Crippen molar-refractivity contribution in [1.29, 1.82) is 5.26 Å². The van der Waals surface area contributed by atoms with Gasteiger partial charge in [-0.25, -0.2) is 4.79 Å². The maximum atomic E-state index is 11.8. The minimum absolute atomic E-state index is 0.176. The molecule has 0 unspecified atom stereocenters. The number of hydrogen-bond acceptors (Lipinski definition) is 5. The number of aryl methyl sites for hydroxylation is 2. The van der Waals surface area contributed by atoms with Crippen molar-refractivity contribution in [2.75, 3.05) is 13.2 Å². The summed E-state index contributed by atoms with van der Waals surface area (Å²) in [5.41, 5.74) is 1.31. The zero-order chi connectivity index (χ0) is 17.7. The largest absolute Gasteiger partial charge is 0.482 e. The van der Waals surface area contributed by atoms with Gasteiger partial charge in [0.2, 0.25) is 0 Å². The molecule has 24 heavy (non-hydrogen) atoms. The molecule has 0 saturated heterocycles. The Morgan fingerprint density at radius 1 is 1.29 bits per heavy atom. The van der Waals surface area contributed by atoms with Gasteiger partial charge < -0.3 is 14.8 Å². The highest BCUT2D eigenvalue weighted by molar-refractivity contribution is 5.81. The SMILES string of the molecule is Cc1ccc(OCC(=O)OCC(=O)N[C@@](C)(C#N)C2CC2)cc1C. The summed E-state index contributed by atoms with van der Waals surface area (Å²) < 4.78 is 10.2. The van der Waals surface area contributed by atoms with Crippen LogP contribution in [0, 0.1) is 31.1 Å². The number of nitrogens with one attached hydrogen (secondary N) is 1. The Morgan fingerprint density at radius 3 is 2.58 bits per heavy atom. The number of nitriles is 1. The second-order valence-corrected chi connectivity index (χ2v) is 6.33.